The first-order chi connectivity index (χ1) is 10.3. The van der Waals surface area contributed by atoms with Gasteiger partial charge in [-0.2, -0.15) is 0 Å². The Bertz CT molecular complexity index is 494. The third kappa shape index (κ3) is 4.28. The molecule has 2 fully saturated rings. The highest BCUT2D eigenvalue weighted by Gasteiger charge is 2.29. The maximum atomic E-state index is 12.0. The van der Waals surface area contributed by atoms with Crippen LogP contribution in [0.5, 0.6) is 0 Å². The lowest BCUT2D eigenvalue weighted by molar-refractivity contribution is -0.114. The molecule has 0 spiro atoms. The van der Waals surface area contributed by atoms with E-state index >= 15 is 0 Å². The van der Waals surface area contributed by atoms with E-state index in [1.54, 1.807) is 6.08 Å². The molecule has 1 heterocycles. The number of ketones is 1. The van der Waals surface area contributed by atoms with Crippen LogP contribution in [0.1, 0.15) is 37.7 Å². The lowest BCUT2D eigenvalue weighted by atomic mass is 10.0. The van der Waals surface area contributed by atoms with Gasteiger partial charge in [0.05, 0.1) is 0 Å². The van der Waals surface area contributed by atoms with Gasteiger partial charge in [-0.1, -0.05) is 42.8 Å². The number of rotatable bonds is 5. The molecule has 1 aromatic rings. The van der Waals surface area contributed by atoms with Crippen molar-refractivity contribution in [3.05, 3.63) is 42.0 Å². The van der Waals surface area contributed by atoms with Crippen LogP contribution in [-0.2, 0) is 4.79 Å². The van der Waals surface area contributed by atoms with E-state index in [4.69, 9.17) is 0 Å². The molecule has 2 bridgehead atoms. The van der Waals surface area contributed by atoms with Gasteiger partial charge in [0.25, 0.3) is 0 Å². The molecule has 21 heavy (non-hydrogen) atoms. The average molecular weight is 283 g/mol. The summed E-state index contributed by atoms with van der Waals surface area (Å²) in [7, 11) is 0. The summed E-state index contributed by atoms with van der Waals surface area (Å²) in [6.07, 6.45) is 9.93. The molecule has 2 unspecified atom stereocenters. The number of allylic oxidation sites excluding steroid dienone is 1. The van der Waals surface area contributed by atoms with E-state index in [9.17, 15) is 4.79 Å². The number of carbonyl (C=O) groups is 1. The summed E-state index contributed by atoms with van der Waals surface area (Å²) in [6, 6.07) is 10.0. The van der Waals surface area contributed by atoms with Gasteiger partial charge in [0.2, 0.25) is 0 Å². The van der Waals surface area contributed by atoms with Crippen molar-refractivity contribution in [3.8, 4) is 0 Å². The second kappa shape index (κ2) is 7.04. The Labute approximate surface area is 127 Å². The van der Waals surface area contributed by atoms with E-state index < -0.39 is 0 Å². The SMILES string of the molecule is O=C(C=Cc1ccccc1)CCN1CCC2CCC(C2)C1. The van der Waals surface area contributed by atoms with E-state index in [2.05, 4.69) is 4.90 Å². The van der Waals surface area contributed by atoms with Crippen LogP contribution in [-0.4, -0.2) is 30.3 Å². The molecular formula is C19H25NO. The Hall–Kier alpha value is -1.41. The van der Waals surface area contributed by atoms with Crippen molar-refractivity contribution in [1.82, 2.24) is 4.90 Å². The summed E-state index contributed by atoms with van der Waals surface area (Å²) in [5, 5.41) is 0. The van der Waals surface area contributed by atoms with Crippen molar-refractivity contribution in [3.63, 3.8) is 0 Å². The van der Waals surface area contributed by atoms with Crippen molar-refractivity contribution in [1.29, 1.82) is 0 Å². The second-order valence-electron chi connectivity index (χ2n) is 6.59. The molecule has 112 valence electrons. The minimum absolute atomic E-state index is 0.244. The molecule has 1 aliphatic carbocycles. The molecule has 0 amide bonds. The Morgan fingerprint density at radius 3 is 2.81 bits per heavy atom. The molecule has 1 saturated carbocycles. The molecule has 2 atom stereocenters. The fourth-order valence-corrected chi connectivity index (χ4v) is 3.74. The molecule has 0 radical (unpaired) electrons. The average Bonchev–Trinajstić information content (AvgIpc) is 2.85. The molecule has 1 aromatic carbocycles. The maximum absolute atomic E-state index is 12.0. The van der Waals surface area contributed by atoms with Gasteiger partial charge in [-0.15, -0.1) is 0 Å². The first kappa shape index (κ1) is 14.5. The monoisotopic (exact) mass is 283 g/mol. The van der Waals surface area contributed by atoms with Crippen molar-refractivity contribution in [2.45, 2.75) is 32.1 Å². The molecule has 2 heteroatoms. The lowest BCUT2D eigenvalue weighted by Crippen LogP contribution is -2.31. The summed E-state index contributed by atoms with van der Waals surface area (Å²) in [5.74, 6) is 2.11. The number of hydrogen-bond donors (Lipinski definition) is 0. The Morgan fingerprint density at radius 2 is 1.95 bits per heavy atom. The van der Waals surface area contributed by atoms with E-state index in [0.717, 1.165) is 23.9 Å². The molecular weight excluding hydrogens is 258 g/mol. The fraction of sp³-hybridized carbons (Fsp3) is 0.526. The number of carbonyl (C=O) groups excluding carboxylic acids is 1. The van der Waals surface area contributed by atoms with Gasteiger partial charge in [0, 0.05) is 19.5 Å². The highest BCUT2D eigenvalue weighted by Crippen LogP contribution is 2.36. The molecule has 1 aliphatic heterocycles. The minimum atomic E-state index is 0.244. The second-order valence-corrected chi connectivity index (χ2v) is 6.59. The molecule has 0 aromatic heterocycles. The summed E-state index contributed by atoms with van der Waals surface area (Å²) >= 11 is 0. The third-order valence-corrected chi connectivity index (χ3v) is 4.96. The fourth-order valence-electron chi connectivity index (χ4n) is 3.74. The summed E-state index contributed by atoms with van der Waals surface area (Å²) in [5.41, 5.74) is 1.10. The lowest BCUT2D eigenvalue weighted by Gasteiger charge is -2.23. The van der Waals surface area contributed by atoms with Gasteiger partial charge in [0.1, 0.15) is 0 Å². The zero-order chi connectivity index (χ0) is 14.5. The summed E-state index contributed by atoms with van der Waals surface area (Å²) in [4.78, 5) is 14.5. The predicted octanol–water partition coefficient (Wildman–Crippen LogP) is 3.78. The van der Waals surface area contributed by atoms with Crippen LogP contribution in [0.2, 0.25) is 0 Å². The van der Waals surface area contributed by atoms with Crippen molar-refractivity contribution in [2.24, 2.45) is 11.8 Å². The zero-order valence-corrected chi connectivity index (χ0v) is 12.7. The van der Waals surface area contributed by atoms with Crippen LogP contribution in [0.4, 0.5) is 0 Å². The number of benzene rings is 1. The zero-order valence-electron chi connectivity index (χ0n) is 12.7. The number of likely N-dealkylation sites (tertiary alicyclic amines) is 1. The number of fused-ring (bicyclic) bond motifs is 2. The van der Waals surface area contributed by atoms with Gasteiger partial charge in [-0.05, 0) is 49.3 Å². The van der Waals surface area contributed by atoms with Crippen LogP contribution < -0.4 is 0 Å². The smallest absolute Gasteiger partial charge is 0.156 e. The highest BCUT2D eigenvalue weighted by atomic mass is 16.1. The standard InChI is InChI=1S/C19H25NO/c21-19(9-8-16-4-2-1-3-5-16)11-13-20-12-10-17-6-7-18(14-17)15-20/h1-5,8-9,17-18H,6-7,10-15H2. The molecule has 3 rings (SSSR count). The quantitative estimate of drug-likeness (QED) is 0.766. The van der Waals surface area contributed by atoms with E-state index in [1.165, 1.54) is 38.8 Å². The van der Waals surface area contributed by atoms with E-state index in [1.807, 2.05) is 36.4 Å². The predicted molar refractivity (Wildman–Crippen MR) is 87.0 cm³/mol. The van der Waals surface area contributed by atoms with Crippen molar-refractivity contribution >= 4 is 11.9 Å². The van der Waals surface area contributed by atoms with E-state index in [-0.39, 0.29) is 5.78 Å². The maximum Gasteiger partial charge on any atom is 0.156 e. The minimum Gasteiger partial charge on any atom is -0.303 e. The third-order valence-electron chi connectivity index (χ3n) is 4.96. The highest BCUT2D eigenvalue weighted by molar-refractivity contribution is 5.93. The summed E-state index contributed by atoms with van der Waals surface area (Å²) in [6.45, 7) is 3.34. The van der Waals surface area contributed by atoms with Crippen LogP contribution in [0.25, 0.3) is 6.08 Å². The number of nitrogens with zero attached hydrogens (tertiary/aromatic N) is 1. The van der Waals surface area contributed by atoms with Crippen LogP contribution in [0, 0.1) is 11.8 Å². The molecule has 2 aliphatic rings. The van der Waals surface area contributed by atoms with E-state index in [0.29, 0.717) is 6.42 Å². The van der Waals surface area contributed by atoms with Crippen molar-refractivity contribution < 1.29 is 4.79 Å². The largest absolute Gasteiger partial charge is 0.303 e. The topological polar surface area (TPSA) is 20.3 Å². The molecule has 2 nitrogen and oxygen atoms in total. The van der Waals surface area contributed by atoms with Gasteiger partial charge in [0.15, 0.2) is 5.78 Å². The van der Waals surface area contributed by atoms with Crippen molar-refractivity contribution in [2.75, 3.05) is 19.6 Å². The Balaban J connectivity index is 1.44. The van der Waals surface area contributed by atoms with Crippen LogP contribution in [0.3, 0.4) is 0 Å². The Morgan fingerprint density at radius 1 is 1.14 bits per heavy atom. The van der Waals surface area contributed by atoms with Crippen LogP contribution in [0.15, 0.2) is 36.4 Å². The first-order valence-corrected chi connectivity index (χ1v) is 8.28. The summed E-state index contributed by atoms with van der Waals surface area (Å²) < 4.78 is 0. The van der Waals surface area contributed by atoms with Crippen LogP contribution >= 0.6 is 0 Å². The molecule has 1 saturated heterocycles. The normalized spacial score (nSPS) is 26.1. The van der Waals surface area contributed by atoms with Gasteiger partial charge in [-0.3, -0.25) is 4.79 Å². The first-order valence-electron chi connectivity index (χ1n) is 8.28. The number of hydrogen-bond acceptors (Lipinski definition) is 2. The van der Waals surface area contributed by atoms with Gasteiger partial charge >= 0.3 is 0 Å². The molecule has 0 N–H and O–H groups in total. The van der Waals surface area contributed by atoms with Gasteiger partial charge in [-0.25, -0.2) is 0 Å². The van der Waals surface area contributed by atoms with Gasteiger partial charge < -0.3 is 4.90 Å². The Kier molecular flexibility index (Phi) is 4.87.